The zero-order valence-electron chi connectivity index (χ0n) is 29.3. The van der Waals surface area contributed by atoms with Crippen LogP contribution in [0.3, 0.4) is 0 Å². The van der Waals surface area contributed by atoms with Crippen LogP contribution in [0, 0.1) is 5.92 Å². The fourth-order valence-corrected chi connectivity index (χ4v) is 6.84. The van der Waals surface area contributed by atoms with Gasteiger partial charge in [0.2, 0.25) is 11.3 Å². The Bertz CT molecular complexity index is 1890. The first-order valence-corrected chi connectivity index (χ1v) is 17.6. The fourth-order valence-electron chi connectivity index (χ4n) is 6.84. The third-order valence-corrected chi connectivity index (χ3v) is 9.88. The molecule has 6 rings (SSSR count). The summed E-state index contributed by atoms with van der Waals surface area (Å²) in [5.74, 6) is -0.326. The van der Waals surface area contributed by atoms with E-state index in [0.29, 0.717) is 5.56 Å². The number of nitrogens with zero attached hydrogens (tertiary/aromatic N) is 4. The number of carbonyl (C=O) groups excluding carboxylic acids is 3. The third kappa shape index (κ3) is 8.17. The average molecular weight is 682 g/mol. The van der Waals surface area contributed by atoms with Crippen molar-refractivity contribution >= 4 is 34.4 Å². The number of ether oxygens (including phenoxy) is 1. The molecule has 0 aromatic heterocycles. The Morgan fingerprint density at radius 3 is 2.50 bits per heavy atom. The van der Waals surface area contributed by atoms with Crippen molar-refractivity contribution in [1.29, 1.82) is 0 Å². The fraction of sp³-hybridized carbons (Fsp3) is 0.436. The number of piperazine rings is 1. The van der Waals surface area contributed by atoms with Gasteiger partial charge in [0.25, 0.3) is 5.91 Å². The van der Waals surface area contributed by atoms with Crippen molar-refractivity contribution in [3.05, 3.63) is 71.6 Å². The second-order valence-corrected chi connectivity index (χ2v) is 13.6. The van der Waals surface area contributed by atoms with Crippen LogP contribution >= 0.6 is 0 Å². The number of likely N-dealkylation sites (N-methyl/N-ethyl adjacent to an activating group) is 2. The molecule has 3 aliphatic heterocycles. The van der Waals surface area contributed by atoms with Gasteiger partial charge < -0.3 is 39.1 Å². The second-order valence-electron chi connectivity index (χ2n) is 13.6. The zero-order valence-corrected chi connectivity index (χ0v) is 29.3. The third-order valence-electron chi connectivity index (χ3n) is 9.88. The van der Waals surface area contributed by atoms with E-state index in [4.69, 9.17) is 9.15 Å². The van der Waals surface area contributed by atoms with Crippen molar-refractivity contribution in [2.24, 2.45) is 5.92 Å². The number of hydrogen-bond acceptors (Lipinski definition) is 8. The number of benzene rings is 3. The molecule has 0 atom stereocenters. The second kappa shape index (κ2) is 15.9. The Balaban J connectivity index is 1.34. The Morgan fingerprint density at radius 1 is 0.980 bits per heavy atom. The number of carbonyl (C=O) groups is 3. The van der Waals surface area contributed by atoms with Crippen LogP contribution in [0.15, 0.2) is 65.1 Å². The van der Waals surface area contributed by atoms with Crippen molar-refractivity contribution in [3.63, 3.8) is 0 Å². The SMILES string of the molecule is CC1CC[N+](=c2ccc3c(-c4ccccc4C(=O)N(C)CC(=O)NCCOCCC(=O)[O-])c4ccc(N5CCN(C)CC5)cc4oc-3c2)CC1. The van der Waals surface area contributed by atoms with Crippen molar-refractivity contribution in [1.82, 2.24) is 19.7 Å². The molecule has 1 aliphatic carbocycles. The minimum absolute atomic E-state index is 0.0134. The van der Waals surface area contributed by atoms with E-state index in [0.717, 1.165) is 102 Å². The van der Waals surface area contributed by atoms with Gasteiger partial charge in [-0.05, 0) is 42.8 Å². The van der Waals surface area contributed by atoms with Crippen LogP contribution in [0.25, 0.3) is 33.4 Å². The number of aliphatic carboxylic acids is 1. The molecule has 4 aliphatic rings. The molecule has 50 heavy (non-hydrogen) atoms. The van der Waals surface area contributed by atoms with Crippen molar-refractivity contribution in [3.8, 4) is 22.5 Å². The van der Waals surface area contributed by atoms with E-state index < -0.39 is 5.97 Å². The summed E-state index contributed by atoms with van der Waals surface area (Å²) in [6, 6.07) is 20.3. The average Bonchev–Trinajstić information content (AvgIpc) is 3.11. The number of piperidine rings is 1. The van der Waals surface area contributed by atoms with Gasteiger partial charge >= 0.3 is 0 Å². The van der Waals surface area contributed by atoms with Crippen molar-refractivity contribution in [2.75, 3.05) is 84.6 Å². The summed E-state index contributed by atoms with van der Waals surface area (Å²) in [6.07, 6.45) is 2.11. The topological polar surface area (TPSA) is 121 Å². The first-order chi connectivity index (χ1) is 24.2. The number of anilines is 1. The van der Waals surface area contributed by atoms with Crippen LogP contribution in [0.4, 0.5) is 5.69 Å². The Kier molecular flexibility index (Phi) is 11.1. The van der Waals surface area contributed by atoms with Crippen LogP contribution in [-0.4, -0.2) is 107 Å². The van der Waals surface area contributed by atoms with Gasteiger partial charge in [0.05, 0.1) is 25.8 Å². The molecule has 264 valence electrons. The maximum Gasteiger partial charge on any atom is 0.254 e. The minimum Gasteiger partial charge on any atom is -0.550 e. The van der Waals surface area contributed by atoms with Crippen molar-refractivity contribution in [2.45, 2.75) is 26.2 Å². The molecule has 0 saturated carbocycles. The smallest absolute Gasteiger partial charge is 0.254 e. The van der Waals surface area contributed by atoms with E-state index in [1.54, 1.807) is 13.1 Å². The van der Waals surface area contributed by atoms with Gasteiger partial charge in [-0.1, -0.05) is 25.1 Å². The first kappa shape index (κ1) is 35.1. The molecular weight excluding hydrogens is 634 g/mol. The molecule has 2 fully saturated rings. The maximum atomic E-state index is 14.0. The highest BCUT2D eigenvalue weighted by molar-refractivity contribution is 6.09. The lowest BCUT2D eigenvalue weighted by molar-refractivity contribution is -0.306. The molecule has 1 N–H and O–H groups in total. The predicted octanol–water partition coefficient (Wildman–Crippen LogP) is 2.50. The number of nitrogens with one attached hydrogen (secondary N) is 1. The lowest BCUT2D eigenvalue weighted by Gasteiger charge is -2.34. The van der Waals surface area contributed by atoms with E-state index in [9.17, 15) is 19.5 Å². The summed E-state index contributed by atoms with van der Waals surface area (Å²) in [5, 5.41) is 15.3. The highest BCUT2D eigenvalue weighted by atomic mass is 16.5. The monoisotopic (exact) mass is 681 g/mol. The predicted molar refractivity (Wildman–Crippen MR) is 192 cm³/mol. The standard InChI is InChI=1S/C39H47N5O6/c1-27-12-16-43(17-13-27)28-8-10-32-34(24-28)50-35-25-29(44-20-18-41(2)19-21-44)9-11-33(35)38(32)30-6-4-5-7-31(30)39(48)42(3)26-36(45)40-15-23-49-22-14-37(46)47/h4-11,24-25,27H,12-23,26H2,1-3H3,(H-,40,45,46,47). The number of carboxylic acid groups (broad SMARTS) is 1. The molecule has 2 amide bonds. The van der Waals surface area contributed by atoms with E-state index in [1.165, 1.54) is 4.90 Å². The van der Waals surface area contributed by atoms with Gasteiger partial charge in [-0.3, -0.25) is 9.59 Å². The molecule has 3 heterocycles. The summed E-state index contributed by atoms with van der Waals surface area (Å²) in [6.45, 7) is 8.42. The van der Waals surface area contributed by atoms with Crippen LogP contribution < -0.4 is 25.3 Å². The molecule has 2 saturated heterocycles. The Hall–Kier alpha value is -4.74. The maximum absolute atomic E-state index is 14.0. The molecule has 2 aromatic rings. The largest absolute Gasteiger partial charge is 0.550 e. The molecule has 0 radical (unpaired) electrons. The molecule has 11 nitrogen and oxygen atoms in total. The Labute approximate surface area is 293 Å². The summed E-state index contributed by atoms with van der Waals surface area (Å²) in [5.41, 5.74) is 4.95. The van der Waals surface area contributed by atoms with Gasteiger partial charge in [-0.15, -0.1) is 0 Å². The van der Waals surface area contributed by atoms with Crippen LogP contribution in [0.1, 0.15) is 36.5 Å². The number of hydrogen-bond donors (Lipinski definition) is 1. The highest BCUT2D eigenvalue weighted by Crippen LogP contribution is 2.42. The van der Waals surface area contributed by atoms with Gasteiger partial charge in [-0.2, -0.15) is 0 Å². The van der Waals surface area contributed by atoms with Gasteiger partial charge in [-0.25, -0.2) is 4.58 Å². The van der Waals surface area contributed by atoms with Crippen LogP contribution in [0.2, 0.25) is 0 Å². The number of rotatable bonds is 11. The quantitative estimate of drug-likeness (QED) is 0.146. The molecule has 11 heteroatoms. The van der Waals surface area contributed by atoms with Crippen LogP contribution in [0.5, 0.6) is 0 Å². The number of carboxylic acids is 1. The molecule has 0 spiro atoms. The van der Waals surface area contributed by atoms with Gasteiger partial charge in [0, 0.05) is 105 Å². The van der Waals surface area contributed by atoms with E-state index in [1.807, 2.05) is 18.2 Å². The van der Waals surface area contributed by atoms with Crippen LogP contribution in [-0.2, 0) is 14.3 Å². The lowest BCUT2D eigenvalue weighted by atomic mass is 9.90. The van der Waals surface area contributed by atoms with Crippen molar-refractivity contribution < 1.29 is 28.6 Å². The normalized spacial score (nSPS) is 16.9. The van der Waals surface area contributed by atoms with E-state index in [-0.39, 0.29) is 44.5 Å². The lowest BCUT2D eigenvalue weighted by Crippen LogP contribution is -2.44. The molecule has 0 bridgehead atoms. The summed E-state index contributed by atoms with van der Waals surface area (Å²) in [7, 11) is 3.76. The van der Waals surface area contributed by atoms with Gasteiger partial charge in [0.1, 0.15) is 24.4 Å². The number of amides is 2. The first-order valence-electron chi connectivity index (χ1n) is 17.6. The minimum atomic E-state index is -1.19. The summed E-state index contributed by atoms with van der Waals surface area (Å²) < 4.78 is 14.4. The molecule has 0 unspecified atom stereocenters. The van der Waals surface area contributed by atoms with E-state index in [2.05, 4.69) is 70.1 Å². The van der Waals surface area contributed by atoms with E-state index >= 15 is 0 Å². The number of fused-ring (bicyclic) bond motifs is 2. The summed E-state index contributed by atoms with van der Waals surface area (Å²) in [4.78, 5) is 43.4. The molecular formula is C39H47N5O6. The molecule has 2 aromatic carbocycles. The Morgan fingerprint density at radius 2 is 1.74 bits per heavy atom. The van der Waals surface area contributed by atoms with Gasteiger partial charge in [0.15, 0.2) is 0 Å². The highest BCUT2D eigenvalue weighted by Gasteiger charge is 2.26. The summed E-state index contributed by atoms with van der Waals surface area (Å²) >= 11 is 0. The zero-order chi connectivity index (χ0) is 35.2.